The Morgan fingerprint density at radius 1 is 1.30 bits per heavy atom. The van der Waals surface area contributed by atoms with Crippen LogP contribution in [0.4, 0.5) is 5.69 Å². The molecule has 1 aromatic carbocycles. The SMILES string of the molecule is O=C(O)CCCS(=O)(=O)Nc1ccc2ncccc2c1. The third-order valence-corrected chi connectivity index (χ3v) is 4.05. The number of nitrogens with one attached hydrogen (secondary N) is 1. The smallest absolute Gasteiger partial charge is 0.303 e. The summed E-state index contributed by atoms with van der Waals surface area (Å²) in [5.74, 6) is -1.22. The molecule has 0 aliphatic rings. The Morgan fingerprint density at radius 3 is 2.85 bits per heavy atom. The molecule has 0 aliphatic carbocycles. The molecule has 0 spiro atoms. The molecule has 2 rings (SSSR count). The van der Waals surface area contributed by atoms with Crippen LogP contribution in [0.3, 0.4) is 0 Å². The first-order valence-corrected chi connectivity index (χ1v) is 7.68. The fraction of sp³-hybridized carbons (Fsp3) is 0.231. The zero-order chi connectivity index (χ0) is 14.6. The summed E-state index contributed by atoms with van der Waals surface area (Å²) < 4.78 is 26.0. The summed E-state index contributed by atoms with van der Waals surface area (Å²) >= 11 is 0. The Hall–Kier alpha value is -2.15. The number of pyridine rings is 1. The van der Waals surface area contributed by atoms with Crippen LogP contribution < -0.4 is 4.72 Å². The normalized spacial score (nSPS) is 11.4. The zero-order valence-electron chi connectivity index (χ0n) is 10.6. The molecular weight excluding hydrogens is 280 g/mol. The largest absolute Gasteiger partial charge is 0.481 e. The maximum absolute atomic E-state index is 11.8. The number of carboxylic acids is 1. The van der Waals surface area contributed by atoms with Crippen LogP contribution in [0.2, 0.25) is 0 Å². The lowest BCUT2D eigenvalue weighted by atomic mass is 10.2. The lowest BCUT2D eigenvalue weighted by molar-refractivity contribution is -0.137. The van der Waals surface area contributed by atoms with E-state index in [-0.39, 0.29) is 18.6 Å². The van der Waals surface area contributed by atoms with Gasteiger partial charge in [0.15, 0.2) is 0 Å². The predicted octanol–water partition coefficient (Wildman–Crippen LogP) is 1.84. The van der Waals surface area contributed by atoms with Crippen LogP contribution in [0.15, 0.2) is 36.5 Å². The Bertz CT molecular complexity index is 728. The van der Waals surface area contributed by atoms with Gasteiger partial charge >= 0.3 is 5.97 Å². The van der Waals surface area contributed by atoms with Crippen LogP contribution in [0, 0.1) is 0 Å². The summed E-state index contributed by atoms with van der Waals surface area (Å²) in [6.07, 6.45) is 1.58. The maximum Gasteiger partial charge on any atom is 0.303 e. The molecule has 20 heavy (non-hydrogen) atoms. The lowest BCUT2D eigenvalue weighted by Gasteiger charge is -2.08. The lowest BCUT2D eigenvalue weighted by Crippen LogP contribution is -2.17. The fourth-order valence-corrected chi connectivity index (χ4v) is 2.90. The van der Waals surface area contributed by atoms with Crippen molar-refractivity contribution in [1.82, 2.24) is 4.98 Å². The van der Waals surface area contributed by atoms with E-state index in [9.17, 15) is 13.2 Å². The first-order valence-electron chi connectivity index (χ1n) is 6.03. The van der Waals surface area contributed by atoms with Gasteiger partial charge in [-0.3, -0.25) is 14.5 Å². The van der Waals surface area contributed by atoms with Gasteiger partial charge in [0.25, 0.3) is 0 Å². The van der Waals surface area contributed by atoms with Gasteiger partial charge in [0.2, 0.25) is 10.0 Å². The van der Waals surface area contributed by atoms with Gasteiger partial charge in [-0.15, -0.1) is 0 Å². The van der Waals surface area contributed by atoms with Gasteiger partial charge in [-0.2, -0.15) is 0 Å². The first-order chi connectivity index (χ1) is 9.46. The summed E-state index contributed by atoms with van der Waals surface area (Å²) in [5.41, 5.74) is 1.22. The topological polar surface area (TPSA) is 96.4 Å². The average molecular weight is 294 g/mol. The van der Waals surface area contributed by atoms with Crippen LogP contribution in [0.5, 0.6) is 0 Å². The summed E-state index contributed by atoms with van der Waals surface area (Å²) in [7, 11) is -3.53. The molecule has 0 atom stereocenters. The van der Waals surface area contributed by atoms with Crippen molar-refractivity contribution in [3.63, 3.8) is 0 Å². The fourth-order valence-electron chi connectivity index (χ4n) is 1.78. The van der Waals surface area contributed by atoms with E-state index in [1.54, 1.807) is 30.5 Å². The summed E-state index contributed by atoms with van der Waals surface area (Å²) in [6, 6.07) is 8.66. The molecule has 0 fully saturated rings. The number of hydrogen-bond acceptors (Lipinski definition) is 4. The monoisotopic (exact) mass is 294 g/mol. The molecule has 0 saturated carbocycles. The molecule has 6 nitrogen and oxygen atoms in total. The van der Waals surface area contributed by atoms with E-state index in [0.29, 0.717) is 5.69 Å². The molecule has 0 unspecified atom stereocenters. The average Bonchev–Trinajstić information content (AvgIpc) is 2.37. The highest BCUT2D eigenvalue weighted by Gasteiger charge is 2.11. The number of carboxylic acid groups (broad SMARTS) is 1. The molecule has 2 N–H and O–H groups in total. The summed E-state index contributed by atoms with van der Waals surface area (Å²) in [4.78, 5) is 14.5. The second kappa shape index (κ2) is 5.87. The van der Waals surface area contributed by atoms with Crippen LogP contribution >= 0.6 is 0 Å². The second-order valence-corrected chi connectivity index (χ2v) is 6.17. The van der Waals surface area contributed by atoms with E-state index in [1.807, 2.05) is 6.07 Å². The Labute approximate surface area is 116 Å². The van der Waals surface area contributed by atoms with Crippen LogP contribution in [-0.2, 0) is 14.8 Å². The van der Waals surface area contributed by atoms with Gasteiger partial charge < -0.3 is 5.11 Å². The molecule has 0 saturated heterocycles. The van der Waals surface area contributed by atoms with Crippen molar-refractivity contribution in [3.8, 4) is 0 Å². The number of carbonyl (C=O) groups is 1. The number of benzene rings is 1. The molecule has 0 radical (unpaired) electrons. The van der Waals surface area contributed by atoms with E-state index in [2.05, 4.69) is 9.71 Å². The zero-order valence-corrected chi connectivity index (χ0v) is 11.4. The van der Waals surface area contributed by atoms with E-state index in [1.165, 1.54) is 0 Å². The van der Waals surface area contributed by atoms with E-state index < -0.39 is 16.0 Å². The number of rotatable bonds is 6. The number of aliphatic carboxylic acids is 1. The van der Waals surface area contributed by atoms with Crippen molar-refractivity contribution in [1.29, 1.82) is 0 Å². The predicted molar refractivity (Wildman–Crippen MR) is 76.0 cm³/mol. The molecule has 2 aromatic rings. The molecule has 1 aromatic heterocycles. The van der Waals surface area contributed by atoms with Crippen LogP contribution in [0.25, 0.3) is 10.9 Å². The highest BCUT2D eigenvalue weighted by molar-refractivity contribution is 7.92. The number of hydrogen-bond donors (Lipinski definition) is 2. The van der Waals surface area contributed by atoms with Gasteiger partial charge in [0, 0.05) is 23.7 Å². The number of aromatic nitrogens is 1. The van der Waals surface area contributed by atoms with Gasteiger partial charge in [-0.05, 0) is 30.7 Å². The van der Waals surface area contributed by atoms with Crippen molar-refractivity contribution in [2.45, 2.75) is 12.8 Å². The quantitative estimate of drug-likeness (QED) is 0.847. The number of nitrogens with zero attached hydrogens (tertiary/aromatic N) is 1. The molecule has 0 aliphatic heterocycles. The standard InChI is InChI=1S/C13H14N2O4S/c16-13(17)4-2-8-20(18,19)15-11-5-6-12-10(9-11)3-1-7-14-12/h1,3,5-7,9,15H,2,4,8H2,(H,16,17). The van der Waals surface area contributed by atoms with Crippen molar-refractivity contribution in [2.24, 2.45) is 0 Å². The third-order valence-electron chi connectivity index (χ3n) is 2.68. The number of anilines is 1. The van der Waals surface area contributed by atoms with Crippen molar-refractivity contribution in [3.05, 3.63) is 36.5 Å². The Balaban J connectivity index is 2.08. The Kier molecular flexibility index (Phi) is 4.19. The number of sulfonamides is 1. The molecule has 0 amide bonds. The molecule has 106 valence electrons. The molecule has 7 heteroatoms. The summed E-state index contributed by atoms with van der Waals surface area (Å²) in [5, 5.41) is 9.33. The van der Waals surface area contributed by atoms with Crippen molar-refractivity contribution in [2.75, 3.05) is 10.5 Å². The van der Waals surface area contributed by atoms with Gasteiger partial charge in [-0.25, -0.2) is 8.42 Å². The van der Waals surface area contributed by atoms with Crippen molar-refractivity contribution >= 4 is 32.6 Å². The van der Waals surface area contributed by atoms with E-state index in [4.69, 9.17) is 5.11 Å². The van der Waals surface area contributed by atoms with Gasteiger partial charge in [-0.1, -0.05) is 6.07 Å². The van der Waals surface area contributed by atoms with Crippen LogP contribution in [-0.4, -0.2) is 30.2 Å². The minimum Gasteiger partial charge on any atom is -0.481 e. The maximum atomic E-state index is 11.8. The van der Waals surface area contributed by atoms with E-state index >= 15 is 0 Å². The highest BCUT2D eigenvalue weighted by atomic mass is 32.2. The van der Waals surface area contributed by atoms with Crippen LogP contribution in [0.1, 0.15) is 12.8 Å². The number of fused-ring (bicyclic) bond motifs is 1. The Morgan fingerprint density at radius 2 is 2.10 bits per heavy atom. The molecular formula is C13H14N2O4S. The van der Waals surface area contributed by atoms with Gasteiger partial charge in [0.05, 0.1) is 11.3 Å². The van der Waals surface area contributed by atoms with E-state index in [0.717, 1.165) is 10.9 Å². The highest BCUT2D eigenvalue weighted by Crippen LogP contribution is 2.18. The summed E-state index contributed by atoms with van der Waals surface area (Å²) in [6.45, 7) is 0. The minimum absolute atomic E-state index is 0.0831. The van der Waals surface area contributed by atoms with Gasteiger partial charge in [0.1, 0.15) is 0 Å². The third kappa shape index (κ3) is 3.92. The molecule has 1 heterocycles. The van der Waals surface area contributed by atoms with Crippen molar-refractivity contribution < 1.29 is 18.3 Å². The second-order valence-electron chi connectivity index (χ2n) is 4.33. The first kappa shape index (κ1) is 14.3. The molecule has 0 bridgehead atoms. The minimum atomic E-state index is -3.53.